The highest BCUT2D eigenvalue weighted by Gasteiger charge is 2.57. The van der Waals surface area contributed by atoms with Gasteiger partial charge in [-0.1, -0.05) is 74.5 Å². The fourth-order valence-electron chi connectivity index (χ4n) is 5.82. The third-order valence-electron chi connectivity index (χ3n) is 8.37. The fraction of sp³-hybridized carbons (Fsp3) is 0.500. The summed E-state index contributed by atoms with van der Waals surface area (Å²) in [7, 11) is 1.70. The monoisotopic (exact) mass is 556 g/mol. The topological polar surface area (TPSA) is 99.8 Å². The lowest BCUT2D eigenvalue weighted by Crippen LogP contribution is -2.59. The van der Waals surface area contributed by atoms with Crippen molar-refractivity contribution in [1.29, 1.82) is 0 Å². The van der Waals surface area contributed by atoms with E-state index >= 15 is 0 Å². The number of benzene rings is 2. The van der Waals surface area contributed by atoms with Gasteiger partial charge >= 0.3 is 0 Å². The number of amides is 3. The van der Waals surface area contributed by atoms with Crippen LogP contribution in [0.3, 0.4) is 0 Å². The van der Waals surface area contributed by atoms with Crippen molar-refractivity contribution in [3.63, 3.8) is 0 Å². The normalized spacial score (nSPS) is 22.8. The van der Waals surface area contributed by atoms with Gasteiger partial charge in [-0.2, -0.15) is 0 Å². The van der Waals surface area contributed by atoms with Crippen molar-refractivity contribution >= 4 is 30.1 Å². The lowest BCUT2D eigenvalue weighted by molar-refractivity contribution is -0.150. The Hall–Kier alpha value is -2.94. The molecule has 3 amide bonds. The summed E-state index contributed by atoms with van der Waals surface area (Å²) in [5, 5.41) is 9.08. The van der Waals surface area contributed by atoms with Gasteiger partial charge in [0.05, 0.1) is 18.7 Å². The number of halogens is 1. The highest BCUT2D eigenvalue weighted by atomic mass is 35.5. The van der Waals surface area contributed by atoms with Crippen LogP contribution in [0.5, 0.6) is 0 Å². The molecule has 2 aliphatic rings. The molecule has 2 heterocycles. The van der Waals surface area contributed by atoms with Gasteiger partial charge < -0.3 is 25.6 Å². The fourth-order valence-corrected chi connectivity index (χ4v) is 5.82. The van der Waals surface area contributed by atoms with Gasteiger partial charge in [-0.05, 0) is 37.9 Å². The Morgan fingerprint density at radius 3 is 2.10 bits per heavy atom. The van der Waals surface area contributed by atoms with E-state index in [0.717, 1.165) is 24.0 Å². The maximum Gasteiger partial charge on any atom is 0.247 e. The van der Waals surface area contributed by atoms with Crippen LogP contribution >= 0.6 is 12.4 Å². The van der Waals surface area contributed by atoms with E-state index < -0.39 is 29.8 Å². The van der Waals surface area contributed by atoms with E-state index in [4.69, 9.17) is 4.74 Å². The molecule has 3 N–H and O–H groups in total. The molecule has 0 bridgehead atoms. The average molecular weight is 557 g/mol. The number of nitrogens with zero attached hydrogens (tertiary/aromatic N) is 1. The van der Waals surface area contributed by atoms with E-state index in [1.807, 2.05) is 60.7 Å². The second kappa shape index (κ2) is 13.4. The van der Waals surface area contributed by atoms with E-state index in [-0.39, 0.29) is 36.2 Å². The molecule has 0 saturated carbocycles. The number of carbonyl (C=O) groups excluding carboxylic acids is 3. The van der Waals surface area contributed by atoms with Crippen LogP contribution in [0, 0.1) is 5.41 Å². The molecule has 0 aliphatic carbocycles. The quantitative estimate of drug-likeness (QED) is 0.438. The molecule has 2 fully saturated rings. The highest BCUT2D eigenvalue weighted by Crippen LogP contribution is 2.48. The molecule has 0 radical (unpaired) electrons. The number of fused-ring (bicyclic) bond motifs is 1. The summed E-state index contributed by atoms with van der Waals surface area (Å²) in [5.41, 5.74) is 1.49. The van der Waals surface area contributed by atoms with Crippen LogP contribution in [0.2, 0.25) is 0 Å². The largest absolute Gasteiger partial charge is 0.358 e. The number of likely N-dealkylation sites (N-methyl/N-ethyl adjacent to an activating group) is 1. The second-order valence-corrected chi connectivity index (χ2v) is 10.4. The molecule has 2 aromatic carbocycles. The van der Waals surface area contributed by atoms with Crippen LogP contribution in [0.1, 0.15) is 63.6 Å². The van der Waals surface area contributed by atoms with E-state index in [1.165, 1.54) is 0 Å². The van der Waals surface area contributed by atoms with Crippen molar-refractivity contribution in [2.45, 2.75) is 76.8 Å². The third kappa shape index (κ3) is 6.29. The zero-order valence-electron chi connectivity index (χ0n) is 23.2. The standard InChI is InChI=1S/C30H40N4O4.ClH/c1-5-30(6-2)19-24-34(29(37)23(17-18-38-24)32-27(35)20(3)31-4)26(30)28(36)33-25(21-13-9-7-10-14-21)22-15-11-8-12-16-22;/h7-16,20,23-26,31H,5-6,17-19H2,1-4H3,(H,32,35)(H,33,36);1H/t20?,23-,24?,26?;/m0./s1. The molecule has 4 rings (SSSR count). The van der Waals surface area contributed by atoms with Gasteiger partial charge in [0.1, 0.15) is 18.3 Å². The van der Waals surface area contributed by atoms with Gasteiger partial charge in [0.2, 0.25) is 17.7 Å². The number of carbonyl (C=O) groups is 3. The van der Waals surface area contributed by atoms with Crippen LogP contribution in [-0.4, -0.2) is 60.6 Å². The number of rotatable bonds is 9. The highest BCUT2D eigenvalue weighted by molar-refractivity contribution is 5.94. The van der Waals surface area contributed by atoms with Gasteiger partial charge in [0, 0.05) is 18.3 Å². The van der Waals surface area contributed by atoms with Crippen molar-refractivity contribution < 1.29 is 19.1 Å². The Morgan fingerprint density at radius 1 is 1.03 bits per heavy atom. The van der Waals surface area contributed by atoms with E-state index in [0.29, 0.717) is 19.4 Å². The summed E-state index contributed by atoms with van der Waals surface area (Å²) < 4.78 is 6.17. The molecule has 8 nitrogen and oxygen atoms in total. The predicted octanol–water partition coefficient (Wildman–Crippen LogP) is 3.56. The smallest absolute Gasteiger partial charge is 0.247 e. The first-order valence-corrected chi connectivity index (χ1v) is 13.7. The molecule has 2 saturated heterocycles. The van der Waals surface area contributed by atoms with Crippen molar-refractivity contribution in [2.24, 2.45) is 5.41 Å². The van der Waals surface area contributed by atoms with Crippen LogP contribution < -0.4 is 16.0 Å². The first-order valence-electron chi connectivity index (χ1n) is 13.7. The van der Waals surface area contributed by atoms with Crippen LogP contribution in [-0.2, 0) is 19.1 Å². The summed E-state index contributed by atoms with van der Waals surface area (Å²) in [6.07, 6.45) is 1.89. The number of ether oxygens (including phenoxy) is 1. The summed E-state index contributed by atoms with van der Waals surface area (Å²) in [5.74, 6) is -0.722. The van der Waals surface area contributed by atoms with E-state index in [9.17, 15) is 14.4 Å². The Morgan fingerprint density at radius 2 is 1.59 bits per heavy atom. The van der Waals surface area contributed by atoms with Crippen LogP contribution in [0.4, 0.5) is 0 Å². The maximum absolute atomic E-state index is 14.3. The number of hydrogen-bond donors (Lipinski definition) is 3. The Bertz CT molecular complexity index is 1070. The predicted molar refractivity (Wildman–Crippen MR) is 153 cm³/mol. The Balaban J connectivity index is 0.00000420. The first kappa shape index (κ1) is 30.6. The average Bonchev–Trinajstić information content (AvgIpc) is 3.22. The molecule has 9 heteroatoms. The SMILES string of the molecule is CCC1(CC)CC2OCC[C@H](NC(=O)C(C)NC)C(=O)N2C1C(=O)NC(c1ccccc1)c1ccccc1.Cl. The zero-order valence-corrected chi connectivity index (χ0v) is 24.0. The number of hydrogen-bond acceptors (Lipinski definition) is 5. The molecule has 0 spiro atoms. The number of nitrogens with one attached hydrogen (secondary N) is 3. The summed E-state index contributed by atoms with van der Waals surface area (Å²) in [4.78, 5) is 42.5. The van der Waals surface area contributed by atoms with Crippen LogP contribution in [0.25, 0.3) is 0 Å². The Labute approximate surface area is 237 Å². The lowest BCUT2D eigenvalue weighted by Gasteiger charge is -2.37. The van der Waals surface area contributed by atoms with Crippen molar-refractivity contribution in [3.05, 3.63) is 71.8 Å². The molecule has 4 atom stereocenters. The van der Waals surface area contributed by atoms with Gasteiger partial charge in [-0.25, -0.2) is 0 Å². The summed E-state index contributed by atoms with van der Waals surface area (Å²) >= 11 is 0. The molecule has 3 unspecified atom stereocenters. The van der Waals surface area contributed by atoms with E-state index in [2.05, 4.69) is 29.8 Å². The molecule has 2 aliphatic heterocycles. The maximum atomic E-state index is 14.3. The molecule has 0 aromatic heterocycles. The van der Waals surface area contributed by atoms with Gasteiger partial charge in [0.15, 0.2) is 0 Å². The Kier molecular flexibility index (Phi) is 10.5. The minimum Gasteiger partial charge on any atom is -0.358 e. The van der Waals surface area contributed by atoms with Crippen molar-refractivity contribution in [2.75, 3.05) is 13.7 Å². The van der Waals surface area contributed by atoms with Gasteiger partial charge in [0.25, 0.3) is 0 Å². The molecule has 2 aromatic rings. The summed E-state index contributed by atoms with van der Waals surface area (Å²) in [6, 6.07) is 17.4. The zero-order chi connectivity index (χ0) is 27.3. The summed E-state index contributed by atoms with van der Waals surface area (Å²) in [6.45, 7) is 6.22. The van der Waals surface area contributed by atoms with E-state index in [1.54, 1.807) is 18.9 Å². The molecular weight excluding hydrogens is 516 g/mol. The minimum absolute atomic E-state index is 0. The minimum atomic E-state index is -0.748. The lowest BCUT2D eigenvalue weighted by atomic mass is 9.74. The molecule has 39 heavy (non-hydrogen) atoms. The molecule has 212 valence electrons. The first-order chi connectivity index (χ1) is 18.3. The van der Waals surface area contributed by atoms with Crippen molar-refractivity contribution in [1.82, 2.24) is 20.9 Å². The molecular formula is C30H41ClN4O4. The second-order valence-electron chi connectivity index (χ2n) is 10.4. The third-order valence-corrected chi connectivity index (χ3v) is 8.37. The van der Waals surface area contributed by atoms with Gasteiger partial charge in [-0.3, -0.25) is 14.4 Å². The van der Waals surface area contributed by atoms with Gasteiger partial charge in [-0.15, -0.1) is 12.4 Å². The van der Waals surface area contributed by atoms with Crippen molar-refractivity contribution in [3.8, 4) is 0 Å². The van der Waals surface area contributed by atoms with Crippen LogP contribution in [0.15, 0.2) is 60.7 Å².